The molecule has 0 atom stereocenters. The van der Waals surface area contributed by atoms with Gasteiger partial charge in [0.25, 0.3) is 5.91 Å². The van der Waals surface area contributed by atoms with Crippen molar-refractivity contribution in [2.24, 2.45) is 0 Å². The number of ether oxygens (including phenoxy) is 2. The van der Waals surface area contributed by atoms with Gasteiger partial charge < -0.3 is 14.8 Å². The van der Waals surface area contributed by atoms with Crippen LogP contribution in [0.4, 0.5) is 17.6 Å². The molecule has 1 fully saturated rings. The first-order chi connectivity index (χ1) is 15.3. The Kier molecular flexibility index (Phi) is 6.32. The van der Waals surface area contributed by atoms with E-state index in [0.29, 0.717) is 54.4 Å². The molecule has 0 bridgehead atoms. The lowest BCUT2D eigenvalue weighted by molar-refractivity contribution is -0.274. The van der Waals surface area contributed by atoms with Crippen LogP contribution in [0.1, 0.15) is 34.3 Å². The SMILES string of the molecule is O=C(NC1CCOCC1)c1cc(Cc2ccc(OC(F)(F)F)cc2)c2ccccc2c1F. The van der Waals surface area contributed by atoms with Gasteiger partial charge in [-0.2, -0.15) is 0 Å². The average molecular weight is 447 g/mol. The van der Waals surface area contributed by atoms with Gasteiger partial charge in [-0.15, -0.1) is 13.2 Å². The second kappa shape index (κ2) is 9.16. The number of carbonyl (C=O) groups is 1. The average Bonchev–Trinajstić information content (AvgIpc) is 2.76. The normalized spacial score (nSPS) is 15.0. The van der Waals surface area contributed by atoms with Crippen LogP contribution >= 0.6 is 0 Å². The number of rotatable bonds is 5. The van der Waals surface area contributed by atoms with Gasteiger partial charge in [-0.3, -0.25) is 4.79 Å². The Bertz CT molecular complexity index is 1110. The molecule has 4 nitrogen and oxygen atoms in total. The fourth-order valence-electron chi connectivity index (χ4n) is 3.86. The van der Waals surface area contributed by atoms with Crippen LogP contribution in [0.25, 0.3) is 10.8 Å². The van der Waals surface area contributed by atoms with E-state index < -0.39 is 18.1 Å². The quantitative estimate of drug-likeness (QED) is 0.535. The maximum absolute atomic E-state index is 15.2. The fourth-order valence-corrected chi connectivity index (χ4v) is 3.86. The Morgan fingerprint density at radius 2 is 1.69 bits per heavy atom. The van der Waals surface area contributed by atoms with Crippen molar-refractivity contribution in [3.63, 3.8) is 0 Å². The van der Waals surface area contributed by atoms with Gasteiger partial charge in [-0.1, -0.05) is 36.4 Å². The highest BCUT2D eigenvalue weighted by Crippen LogP contribution is 2.29. The number of halogens is 4. The van der Waals surface area contributed by atoms with E-state index in [4.69, 9.17) is 4.74 Å². The van der Waals surface area contributed by atoms with Gasteiger partial charge in [-0.25, -0.2) is 4.39 Å². The summed E-state index contributed by atoms with van der Waals surface area (Å²) >= 11 is 0. The van der Waals surface area contributed by atoms with Crippen molar-refractivity contribution in [3.05, 3.63) is 77.1 Å². The number of nitrogens with one attached hydrogen (secondary N) is 1. The van der Waals surface area contributed by atoms with Crippen molar-refractivity contribution < 1.29 is 31.8 Å². The molecule has 3 aromatic carbocycles. The van der Waals surface area contributed by atoms with Gasteiger partial charge in [0.15, 0.2) is 0 Å². The molecule has 4 rings (SSSR count). The van der Waals surface area contributed by atoms with Gasteiger partial charge in [0.05, 0.1) is 5.56 Å². The van der Waals surface area contributed by atoms with Gasteiger partial charge in [0.2, 0.25) is 0 Å². The van der Waals surface area contributed by atoms with Crippen molar-refractivity contribution in [2.75, 3.05) is 13.2 Å². The Morgan fingerprint density at radius 3 is 2.34 bits per heavy atom. The summed E-state index contributed by atoms with van der Waals surface area (Å²) in [5, 5.41) is 3.84. The monoisotopic (exact) mass is 447 g/mol. The zero-order chi connectivity index (χ0) is 22.7. The van der Waals surface area contributed by atoms with Gasteiger partial charge >= 0.3 is 6.36 Å². The van der Waals surface area contributed by atoms with Crippen molar-refractivity contribution in [3.8, 4) is 5.75 Å². The molecular formula is C24H21F4NO3. The molecule has 1 N–H and O–H groups in total. The Morgan fingerprint density at radius 1 is 1.03 bits per heavy atom. The van der Waals surface area contributed by atoms with Crippen molar-refractivity contribution in [1.29, 1.82) is 0 Å². The number of hydrogen-bond donors (Lipinski definition) is 1. The summed E-state index contributed by atoms with van der Waals surface area (Å²) in [5.74, 6) is -1.40. The minimum absolute atomic E-state index is 0.0535. The lowest BCUT2D eigenvalue weighted by Gasteiger charge is -2.23. The summed E-state index contributed by atoms with van der Waals surface area (Å²) in [6.45, 7) is 1.09. The molecule has 0 aromatic heterocycles. The van der Waals surface area contributed by atoms with Gasteiger partial charge in [0.1, 0.15) is 11.6 Å². The summed E-state index contributed by atoms with van der Waals surface area (Å²) < 4.78 is 61.6. The second-order valence-corrected chi connectivity index (χ2v) is 7.67. The molecule has 3 aromatic rings. The van der Waals surface area contributed by atoms with E-state index in [1.54, 1.807) is 24.3 Å². The molecule has 1 saturated heterocycles. The zero-order valence-corrected chi connectivity index (χ0v) is 17.0. The van der Waals surface area contributed by atoms with Crippen LogP contribution in [0, 0.1) is 5.82 Å². The van der Waals surface area contributed by atoms with Crippen molar-refractivity contribution in [2.45, 2.75) is 31.7 Å². The summed E-state index contributed by atoms with van der Waals surface area (Å²) in [4.78, 5) is 12.8. The molecule has 0 spiro atoms. The first-order valence-corrected chi connectivity index (χ1v) is 10.2. The van der Waals surface area contributed by atoms with E-state index >= 15 is 4.39 Å². The summed E-state index contributed by atoms with van der Waals surface area (Å²) in [7, 11) is 0. The lowest BCUT2D eigenvalue weighted by Crippen LogP contribution is -2.39. The van der Waals surface area contributed by atoms with E-state index in [9.17, 15) is 18.0 Å². The van der Waals surface area contributed by atoms with Crippen molar-refractivity contribution >= 4 is 16.7 Å². The Labute approximate surface area is 182 Å². The highest BCUT2D eigenvalue weighted by atomic mass is 19.4. The third kappa shape index (κ3) is 5.19. The molecule has 168 valence electrons. The molecule has 0 saturated carbocycles. The number of alkyl halides is 3. The summed E-state index contributed by atoms with van der Waals surface area (Å²) in [6, 6.07) is 13.8. The largest absolute Gasteiger partial charge is 0.573 e. The number of carbonyl (C=O) groups excluding carboxylic acids is 1. The number of hydrogen-bond acceptors (Lipinski definition) is 3. The zero-order valence-electron chi connectivity index (χ0n) is 17.0. The Hall–Kier alpha value is -3.13. The third-order valence-electron chi connectivity index (χ3n) is 5.42. The van der Waals surface area contributed by atoms with Crippen LogP contribution in [0.5, 0.6) is 5.75 Å². The smallest absolute Gasteiger partial charge is 0.406 e. The predicted octanol–water partition coefficient (Wildman–Crippen LogP) is 5.38. The minimum atomic E-state index is -4.76. The summed E-state index contributed by atoms with van der Waals surface area (Å²) in [6.07, 6.45) is -3.12. The molecule has 0 aliphatic carbocycles. The van der Waals surface area contributed by atoms with E-state index in [2.05, 4.69) is 10.1 Å². The van der Waals surface area contributed by atoms with Crippen LogP contribution in [0.3, 0.4) is 0 Å². The van der Waals surface area contributed by atoms with Crippen LogP contribution in [-0.2, 0) is 11.2 Å². The second-order valence-electron chi connectivity index (χ2n) is 7.67. The Balaban J connectivity index is 1.63. The molecule has 1 amide bonds. The standard InChI is InChI=1S/C24H21F4NO3/c25-22-20-4-2-1-3-19(20)16(13-15-5-7-18(8-6-15)32-24(26,27)28)14-21(22)23(30)29-17-9-11-31-12-10-17/h1-8,14,17H,9-13H2,(H,29,30). The van der Waals surface area contributed by atoms with E-state index in [0.717, 1.165) is 0 Å². The molecule has 0 radical (unpaired) electrons. The number of benzene rings is 3. The molecule has 1 aliphatic heterocycles. The van der Waals surface area contributed by atoms with Crippen LogP contribution in [0.15, 0.2) is 54.6 Å². The third-order valence-corrected chi connectivity index (χ3v) is 5.42. The first-order valence-electron chi connectivity index (χ1n) is 10.2. The predicted molar refractivity (Wildman–Crippen MR) is 111 cm³/mol. The van der Waals surface area contributed by atoms with Crippen LogP contribution < -0.4 is 10.1 Å². The fraction of sp³-hybridized carbons (Fsp3) is 0.292. The van der Waals surface area contributed by atoms with E-state index in [1.165, 1.54) is 30.3 Å². The highest BCUT2D eigenvalue weighted by molar-refractivity contribution is 6.00. The molecule has 1 aliphatic rings. The number of amides is 1. The van der Waals surface area contributed by atoms with Gasteiger partial charge in [-0.05, 0) is 54.0 Å². The molecule has 1 heterocycles. The molecule has 8 heteroatoms. The maximum atomic E-state index is 15.2. The number of fused-ring (bicyclic) bond motifs is 1. The minimum Gasteiger partial charge on any atom is -0.406 e. The maximum Gasteiger partial charge on any atom is 0.573 e. The topological polar surface area (TPSA) is 47.6 Å². The lowest BCUT2D eigenvalue weighted by atomic mass is 9.94. The van der Waals surface area contributed by atoms with E-state index in [1.807, 2.05) is 0 Å². The summed E-state index contributed by atoms with van der Waals surface area (Å²) in [5.41, 5.74) is 1.35. The van der Waals surface area contributed by atoms with Gasteiger partial charge in [0, 0.05) is 24.6 Å². The van der Waals surface area contributed by atoms with Crippen molar-refractivity contribution in [1.82, 2.24) is 5.32 Å². The van der Waals surface area contributed by atoms with Crippen LogP contribution in [-0.4, -0.2) is 31.5 Å². The molecule has 32 heavy (non-hydrogen) atoms. The molecular weight excluding hydrogens is 426 g/mol. The molecule has 0 unspecified atom stereocenters. The van der Waals surface area contributed by atoms with Crippen LogP contribution in [0.2, 0.25) is 0 Å². The highest BCUT2D eigenvalue weighted by Gasteiger charge is 2.31. The first kappa shape index (κ1) is 22.1. The van der Waals surface area contributed by atoms with E-state index in [-0.39, 0.29) is 17.4 Å².